The van der Waals surface area contributed by atoms with Gasteiger partial charge in [0.2, 0.25) is 12.3 Å². The lowest BCUT2D eigenvalue weighted by Crippen LogP contribution is -2.54. The Balaban J connectivity index is 1.62. The number of carbonyl (C=O) groups is 2. The summed E-state index contributed by atoms with van der Waals surface area (Å²) in [4.78, 5) is 31.3. The molecule has 16 heteroatoms. The number of imidazole rings is 1. The summed E-state index contributed by atoms with van der Waals surface area (Å²) in [5, 5.41) is 25.2. The van der Waals surface area contributed by atoms with Gasteiger partial charge in [0.1, 0.15) is 18.8 Å². The van der Waals surface area contributed by atoms with Crippen LogP contribution in [-0.2, 0) is 45.1 Å². The van der Waals surface area contributed by atoms with E-state index in [-0.39, 0.29) is 29.6 Å². The predicted octanol–water partition coefficient (Wildman–Crippen LogP) is 3.14. The first-order valence-corrected chi connectivity index (χ1v) is 14.2. The van der Waals surface area contributed by atoms with Crippen LogP contribution < -0.4 is 10.3 Å². The summed E-state index contributed by atoms with van der Waals surface area (Å²) in [6.45, 7) is 2.67. The molecule has 2 N–H and O–H groups in total. The van der Waals surface area contributed by atoms with Gasteiger partial charge in [-0.05, 0) is 42.8 Å². The number of anilines is 1. The maximum atomic E-state index is 13.7. The van der Waals surface area contributed by atoms with Crippen molar-refractivity contribution in [3.63, 3.8) is 0 Å². The molecule has 0 amide bonds. The number of hydrogen-bond acceptors (Lipinski definition) is 11. The van der Waals surface area contributed by atoms with E-state index in [0.29, 0.717) is 46.4 Å². The van der Waals surface area contributed by atoms with E-state index in [9.17, 15) is 33.1 Å². The second-order valence-electron chi connectivity index (χ2n) is 11.6. The molecule has 3 aromatic rings. The summed E-state index contributed by atoms with van der Waals surface area (Å²) in [6, 6.07) is 10.7. The van der Waals surface area contributed by atoms with Crippen molar-refractivity contribution >= 4 is 24.1 Å². The molecule has 0 spiro atoms. The van der Waals surface area contributed by atoms with E-state index >= 15 is 0 Å². The Bertz CT molecular complexity index is 1800. The van der Waals surface area contributed by atoms with Gasteiger partial charge in [0, 0.05) is 23.1 Å². The number of guanidine groups is 1. The number of aliphatic hydroxyl groups is 1. The number of nitrogens with zero attached hydrogens (tertiary/aromatic N) is 7. The molecule has 3 heterocycles. The zero-order valence-corrected chi connectivity index (χ0v) is 25.9. The predicted molar refractivity (Wildman–Crippen MR) is 160 cm³/mol. The van der Waals surface area contributed by atoms with E-state index in [0.717, 1.165) is 12.1 Å². The lowest BCUT2D eigenvalue weighted by molar-refractivity contribution is -0.917. The molecule has 0 saturated carbocycles. The molecule has 0 aliphatic carbocycles. The zero-order chi connectivity index (χ0) is 34.1. The summed E-state index contributed by atoms with van der Waals surface area (Å²) >= 11 is 0. The number of fused-ring (bicyclic) bond motifs is 1. The van der Waals surface area contributed by atoms with Crippen LogP contribution in [0.2, 0.25) is 0 Å². The van der Waals surface area contributed by atoms with Crippen molar-refractivity contribution < 1.29 is 41.8 Å². The quantitative estimate of drug-likeness (QED) is 0.190. The molecular formula is C31H32F3N8O5+. The maximum absolute atomic E-state index is 13.7. The molecule has 0 bridgehead atoms. The largest absolute Gasteiger partial charge is 0.466 e. The number of quaternary nitrogens is 1. The van der Waals surface area contributed by atoms with E-state index in [4.69, 9.17) is 9.47 Å². The third-order valence-corrected chi connectivity index (χ3v) is 7.82. The summed E-state index contributed by atoms with van der Waals surface area (Å²) in [6.07, 6.45) is -2.82. The lowest BCUT2D eigenvalue weighted by atomic mass is 9.88. The van der Waals surface area contributed by atoms with Gasteiger partial charge >= 0.3 is 12.1 Å². The van der Waals surface area contributed by atoms with Crippen LogP contribution in [0.3, 0.4) is 0 Å². The Kier molecular flexibility index (Phi) is 8.96. The van der Waals surface area contributed by atoms with Gasteiger partial charge in [-0.3, -0.25) is 20.0 Å². The monoisotopic (exact) mass is 653 g/mol. The molecule has 5 rings (SSSR count). The fourth-order valence-corrected chi connectivity index (χ4v) is 5.89. The fourth-order valence-electron chi connectivity index (χ4n) is 5.89. The van der Waals surface area contributed by atoms with Crippen molar-refractivity contribution in [2.75, 3.05) is 26.1 Å². The van der Waals surface area contributed by atoms with Crippen molar-refractivity contribution in [1.82, 2.24) is 19.9 Å². The van der Waals surface area contributed by atoms with E-state index in [1.807, 2.05) is 14.1 Å². The summed E-state index contributed by atoms with van der Waals surface area (Å²) in [7, 11) is 5.08. The van der Waals surface area contributed by atoms with Crippen LogP contribution >= 0.6 is 0 Å². The maximum Gasteiger partial charge on any atom is 0.416 e. The minimum absolute atomic E-state index is 0.00949. The first kappa shape index (κ1) is 33.0. The molecular weight excluding hydrogens is 621 g/mol. The molecule has 2 aromatic carbocycles. The van der Waals surface area contributed by atoms with E-state index in [1.54, 1.807) is 35.9 Å². The Morgan fingerprint density at radius 2 is 1.98 bits per heavy atom. The number of hydrogen-bond donors (Lipinski definition) is 2. The van der Waals surface area contributed by atoms with Gasteiger partial charge in [-0.1, -0.05) is 12.1 Å². The molecule has 0 radical (unpaired) electrons. The summed E-state index contributed by atoms with van der Waals surface area (Å²) < 4.78 is 53.0. The first-order chi connectivity index (χ1) is 22.3. The van der Waals surface area contributed by atoms with Crippen LogP contribution in [0.25, 0.3) is 0 Å². The molecule has 2 atom stereocenters. The highest BCUT2D eigenvalue weighted by molar-refractivity contribution is 6.06. The lowest BCUT2D eigenvalue weighted by Gasteiger charge is -2.44. The molecule has 2 aliphatic heterocycles. The highest BCUT2D eigenvalue weighted by Gasteiger charge is 2.48. The number of aromatic nitrogens is 2. The van der Waals surface area contributed by atoms with Crippen LogP contribution in [0.5, 0.6) is 0 Å². The van der Waals surface area contributed by atoms with E-state index in [1.165, 1.54) is 35.4 Å². The second kappa shape index (κ2) is 12.8. The molecule has 47 heavy (non-hydrogen) atoms. The third-order valence-electron chi connectivity index (χ3n) is 7.82. The molecule has 2 unspecified atom stereocenters. The number of hydrazone groups is 1. The third kappa shape index (κ3) is 6.62. The van der Waals surface area contributed by atoms with Crippen molar-refractivity contribution in [1.29, 1.82) is 5.26 Å². The molecule has 13 nitrogen and oxygen atoms in total. The van der Waals surface area contributed by atoms with Crippen LogP contribution in [0.1, 0.15) is 40.9 Å². The number of halogens is 3. The number of esters is 1. The fraction of sp³-hybridized carbons (Fsp3) is 0.323. The van der Waals surface area contributed by atoms with Crippen LogP contribution in [0.15, 0.2) is 71.4 Å². The average molecular weight is 654 g/mol. The van der Waals surface area contributed by atoms with Gasteiger partial charge in [-0.25, -0.2) is 9.78 Å². The second-order valence-corrected chi connectivity index (χ2v) is 11.6. The topological polar surface area (TPSA) is 145 Å². The van der Waals surface area contributed by atoms with Crippen molar-refractivity contribution in [2.45, 2.75) is 45.3 Å². The van der Waals surface area contributed by atoms with Gasteiger partial charge in [-0.15, -0.1) is 5.10 Å². The molecule has 246 valence electrons. The van der Waals surface area contributed by atoms with E-state index in [2.05, 4.69) is 21.6 Å². The number of nitrogens with one attached hydrogen (secondary N) is 1. The average Bonchev–Trinajstić information content (AvgIpc) is 3.63. The number of carbonyl (C=O) groups excluding carboxylic acids is 2. The van der Waals surface area contributed by atoms with Crippen molar-refractivity contribution in [3.8, 4) is 6.07 Å². The zero-order valence-electron chi connectivity index (χ0n) is 25.9. The number of nitriles is 1. The van der Waals surface area contributed by atoms with Gasteiger partial charge in [-0.2, -0.15) is 18.4 Å². The highest BCUT2D eigenvalue weighted by atomic mass is 19.4. The van der Waals surface area contributed by atoms with Crippen molar-refractivity contribution in [3.05, 3.63) is 94.2 Å². The Hall–Kier alpha value is -5.40. The SMILES string of the molecule is COC(=O)C1=C(C)N(c2cccc(C(F)(F)F)c2)C2=NNC(O)N2C1c1ccc(C#N)cc1C[N+](C)(C)Cc1cn(COC=O)cn1. The number of allylic oxidation sites excluding steroid dienone is 1. The molecule has 1 aromatic heterocycles. The number of alkyl halides is 3. The molecule has 0 saturated heterocycles. The standard InChI is InChI=1S/C31H32F3N8O5/c1-19-26(28(44)46-4)27(41-29(37-38-30(41)45)40(19)24-7-5-6-22(11-24)31(32,33)34)25-9-8-20(12-35)10-21(25)14-42(2,3)15-23-13-39(16-36-23)17-47-18-43/h5-11,13,16,18,27,30,38,45H,14-15,17H2,1-4H3/q+1. The van der Waals surface area contributed by atoms with E-state index < -0.39 is 30.1 Å². The van der Waals surface area contributed by atoms with Crippen LogP contribution in [0.4, 0.5) is 18.9 Å². The minimum Gasteiger partial charge on any atom is -0.466 e. The number of aliphatic hydroxyl groups excluding tert-OH is 1. The first-order valence-electron chi connectivity index (χ1n) is 14.2. The number of benzene rings is 2. The Labute approximate surface area is 267 Å². The Morgan fingerprint density at radius 3 is 2.66 bits per heavy atom. The molecule has 2 aliphatic rings. The van der Waals surface area contributed by atoms with Gasteiger partial charge in [0.25, 0.3) is 6.47 Å². The van der Waals surface area contributed by atoms with Crippen molar-refractivity contribution in [2.24, 2.45) is 5.10 Å². The Morgan fingerprint density at radius 1 is 1.21 bits per heavy atom. The van der Waals surface area contributed by atoms with Gasteiger partial charge < -0.3 is 23.6 Å². The van der Waals surface area contributed by atoms with Gasteiger partial charge in [0.15, 0.2) is 6.73 Å². The summed E-state index contributed by atoms with van der Waals surface area (Å²) in [5.41, 5.74) is 4.28. The number of methoxy groups -OCH3 is 1. The van der Waals surface area contributed by atoms with Crippen LogP contribution in [-0.4, -0.2) is 70.0 Å². The molecule has 0 fully saturated rings. The number of rotatable bonds is 10. The smallest absolute Gasteiger partial charge is 0.416 e. The normalized spacial score (nSPS) is 17.9. The van der Waals surface area contributed by atoms with Crippen LogP contribution in [0, 0.1) is 11.3 Å². The summed E-state index contributed by atoms with van der Waals surface area (Å²) in [5.74, 6) is -0.714. The van der Waals surface area contributed by atoms with Gasteiger partial charge in [0.05, 0.1) is 56.3 Å². The minimum atomic E-state index is -4.63. The number of ether oxygens (including phenoxy) is 2. The highest BCUT2D eigenvalue weighted by Crippen LogP contribution is 2.44.